The van der Waals surface area contributed by atoms with Crippen molar-refractivity contribution < 1.29 is 19.4 Å². The van der Waals surface area contributed by atoms with Crippen molar-refractivity contribution in [3.63, 3.8) is 0 Å². The molecule has 1 N–H and O–H groups in total. The molecule has 1 heterocycles. The van der Waals surface area contributed by atoms with Crippen molar-refractivity contribution in [2.45, 2.75) is 32.5 Å². The predicted octanol–water partition coefficient (Wildman–Crippen LogP) is 1.56. The molecule has 1 fully saturated rings. The molecular formula is C11H16O4. The number of carboxylic acids is 1. The number of hydrogen-bond donors (Lipinski definition) is 1. The van der Waals surface area contributed by atoms with Crippen LogP contribution in [-0.4, -0.2) is 30.1 Å². The smallest absolute Gasteiger partial charge is 0.331 e. The van der Waals surface area contributed by atoms with Gasteiger partial charge >= 0.3 is 5.97 Å². The Kier molecular flexibility index (Phi) is 2.35. The number of rotatable bonds is 1. The molecule has 4 nitrogen and oxygen atoms in total. The van der Waals surface area contributed by atoms with Gasteiger partial charge in [0.2, 0.25) is 0 Å². The second-order valence-electron chi connectivity index (χ2n) is 5.07. The molecule has 0 radical (unpaired) electrons. The van der Waals surface area contributed by atoms with Crippen molar-refractivity contribution in [3.8, 4) is 0 Å². The normalized spacial score (nSPS) is 27.7. The largest absolute Gasteiger partial charge is 0.478 e. The number of ether oxygens (including phenoxy) is 2. The van der Waals surface area contributed by atoms with Crippen LogP contribution in [0.25, 0.3) is 0 Å². The predicted molar refractivity (Wildman–Crippen MR) is 53.4 cm³/mol. The quantitative estimate of drug-likeness (QED) is 0.716. The first-order valence-corrected chi connectivity index (χ1v) is 5.13. The fourth-order valence-electron chi connectivity index (χ4n) is 1.83. The van der Waals surface area contributed by atoms with E-state index >= 15 is 0 Å². The summed E-state index contributed by atoms with van der Waals surface area (Å²) in [7, 11) is 0. The average Bonchev–Trinajstić information content (AvgIpc) is 2.56. The van der Waals surface area contributed by atoms with E-state index in [9.17, 15) is 4.79 Å². The standard InChI is InChI=1S/C11H16O4/c1-10(2)6-14-11(15-7-10)4-3-8(5-11)9(12)13/h3H,4-7H2,1-2H3,(H,12,13). The van der Waals surface area contributed by atoms with Gasteiger partial charge in [-0.15, -0.1) is 0 Å². The maximum absolute atomic E-state index is 10.8. The molecule has 1 saturated heterocycles. The lowest BCUT2D eigenvalue weighted by Gasteiger charge is -2.41. The lowest BCUT2D eigenvalue weighted by atomic mass is 9.94. The van der Waals surface area contributed by atoms with Crippen molar-refractivity contribution in [1.82, 2.24) is 0 Å². The molecule has 15 heavy (non-hydrogen) atoms. The molecule has 0 saturated carbocycles. The molecule has 0 aromatic carbocycles. The van der Waals surface area contributed by atoms with Crippen LogP contribution in [0.15, 0.2) is 11.6 Å². The molecule has 2 rings (SSSR count). The zero-order valence-corrected chi connectivity index (χ0v) is 9.08. The Morgan fingerprint density at radius 1 is 1.40 bits per heavy atom. The summed E-state index contributed by atoms with van der Waals surface area (Å²) in [6.07, 6.45) is 2.60. The molecule has 2 aliphatic rings. The van der Waals surface area contributed by atoms with Crippen molar-refractivity contribution in [2.24, 2.45) is 5.41 Å². The Morgan fingerprint density at radius 3 is 2.47 bits per heavy atom. The van der Waals surface area contributed by atoms with Crippen molar-refractivity contribution in [2.75, 3.05) is 13.2 Å². The summed E-state index contributed by atoms with van der Waals surface area (Å²) in [4.78, 5) is 10.8. The summed E-state index contributed by atoms with van der Waals surface area (Å²) in [6, 6.07) is 0. The summed E-state index contributed by atoms with van der Waals surface area (Å²) in [5.74, 6) is -1.56. The first kappa shape index (κ1) is 10.6. The van der Waals surface area contributed by atoms with Gasteiger partial charge in [-0.1, -0.05) is 19.9 Å². The van der Waals surface area contributed by atoms with Gasteiger partial charge in [0.25, 0.3) is 0 Å². The highest BCUT2D eigenvalue weighted by Gasteiger charge is 2.44. The molecule has 84 valence electrons. The SMILES string of the molecule is CC1(C)COC2(CC=C(C(=O)O)C2)OC1. The Hall–Kier alpha value is -0.870. The van der Waals surface area contributed by atoms with Crippen molar-refractivity contribution in [1.29, 1.82) is 0 Å². The van der Waals surface area contributed by atoms with Gasteiger partial charge in [0, 0.05) is 23.8 Å². The third-order valence-electron chi connectivity index (χ3n) is 2.85. The topological polar surface area (TPSA) is 55.8 Å². The van der Waals surface area contributed by atoms with E-state index in [2.05, 4.69) is 13.8 Å². The molecule has 0 bridgehead atoms. The van der Waals surface area contributed by atoms with E-state index in [-0.39, 0.29) is 5.41 Å². The summed E-state index contributed by atoms with van der Waals surface area (Å²) in [5, 5.41) is 8.85. The molecule has 1 aliphatic carbocycles. The van der Waals surface area contributed by atoms with Gasteiger partial charge in [-0.3, -0.25) is 0 Å². The monoisotopic (exact) mass is 212 g/mol. The van der Waals surface area contributed by atoms with Crippen LogP contribution < -0.4 is 0 Å². The van der Waals surface area contributed by atoms with Crippen LogP contribution in [0.1, 0.15) is 26.7 Å². The minimum absolute atomic E-state index is 0.0250. The van der Waals surface area contributed by atoms with Gasteiger partial charge in [-0.2, -0.15) is 0 Å². The highest BCUT2D eigenvalue weighted by atomic mass is 16.7. The zero-order valence-electron chi connectivity index (χ0n) is 9.08. The van der Waals surface area contributed by atoms with Crippen LogP contribution in [-0.2, 0) is 14.3 Å². The summed E-state index contributed by atoms with van der Waals surface area (Å²) in [6.45, 7) is 5.38. The lowest BCUT2D eigenvalue weighted by molar-refractivity contribution is -0.292. The van der Waals surface area contributed by atoms with Crippen LogP contribution >= 0.6 is 0 Å². The van der Waals surface area contributed by atoms with Crippen molar-refractivity contribution in [3.05, 3.63) is 11.6 Å². The summed E-state index contributed by atoms with van der Waals surface area (Å²) < 4.78 is 11.4. The minimum Gasteiger partial charge on any atom is -0.478 e. The highest BCUT2D eigenvalue weighted by Crippen LogP contribution is 2.39. The first-order chi connectivity index (χ1) is 6.93. The molecule has 0 aromatic heterocycles. The Labute approximate surface area is 88.9 Å². The zero-order chi connectivity index (χ0) is 11.1. The first-order valence-electron chi connectivity index (χ1n) is 5.13. The molecule has 4 heteroatoms. The van der Waals surface area contributed by atoms with E-state index in [1.165, 1.54) is 0 Å². The van der Waals surface area contributed by atoms with E-state index in [4.69, 9.17) is 14.6 Å². The Bertz CT molecular complexity index is 307. The van der Waals surface area contributed by atoms with Gasteiger partial charge in [0.05, 0.1) is 13.2 Å². The minimum atomic E-state index is -0.871. The summed E-state index contributed by atoms with van der Waals surface area (Å²) in [5.41, 5.74) is 0.423. The number of carboxylic acid groups (broad SMARTS) is 1. The second kappa shape index (κ2) is 3.32. The van der Waals surface area contributed by atoms with Gasteiger partial charge in [-0.25, -0.2) is 4.79 Å². The van der Waals surface area contributed by atoms with E-state index in [1.807, 2.05) is 0 Å². The molecule has 0 unspecified atom stereocenters. The second-order valence-corrected chi connectivity index (χ2v) is 5.07. The van der Waals surface area contributed by atoms with Crippen LogP contribution in [0.5, 0.6) is 0 Å². The summed E-state index contributed by atoms with van der Waals surface area (Å²) >= 11 is 0. The van der Waals surface area contributed by atoms with E-state index in [0.29, 0.717) is 31.6 Å². The van der Waals surface area contributed by atoms with Gasteiger partial charge in [0.15, 0.2) is 5.79 Å². The van der Waals surface area contributed by atoms with Crippen LogP contribution in [0.2, 0.25) is 0 Å². The Balaban J connectivity index is 2.00. The van der Waals surface area contributed by atoms with Crippen LogP contribution in [0.4, 0.5) is 0 Å². The number of carbonyl (C=O) groups is 1. The molecule has 0 aromatic rings. The molecular weight excluding hydrogens is 196 g/mol. The third kappa shape index (κ3) is 2.06. The van der Waals surface area contributed by atoms with Gasteiger partial charge < -0.3 is 14.6 Å². The van der Waals surface area contributed by atoms with Crippen molar-refractivity contribution >= 4 is 5.97 Å². The van der Waals surface area contributed by atoms with Gasteiger partial charge in [0.1, 0.15) is 0 Å². The highest BCUT2D eigenvalue weighted by molar-refractivity contribution is 5.87. The van der Waals surface area contributed by atoms with Crippen LogP contribution in [0.3, 0.4) is 0 Å². The van der Waals surface area contributed by atoms with E-state index in [0.717, 1.165) is 0 Å². The van der Waals surface area contributed by atoms with E-state index < -0.39 is 11.8 Å². The molecule has 0 atom stereocenters. The van der Waals surface area contributed by atoms with Gasteiger partial charge in [-0.05, 0) is 0 Å². The number of aliphatic carboxylic acids is 1. The maximum atomic E-state index is 10.8. The number of hydrogen-bond acceptors (Lipinski definition) is 3. The molecule has 1 spiro atoms. The maximum Gasteiger partial charge on any atom is 0.331 e. The van der Waals surface area contributed by atoms with Crippen LogP contribution in [0, 0.1) is 5.41 Å². The fraction of sp³-hybridized carbons (Fsp3) is 0.727. The van der Waals surface area contributed by atoms with E-state index in [1.54, 1.807) is 6.08 Å². The molecule has 1 aliphatic heterocycles. The third-order valence-corrected chi connectivity index (χ3v) is 2.85. The Morgan fingerprint density at radius 2 is 2.00 bits per heavy atom. The lowest BCUT2D eigenvalue weighted by Crippen LogP contribution is -2.46. The molecule has 0 amide bonds. The average molecular weight is 212 g/mol. The fourth-order valence-corrected chi connectivity index (χ4v) is 1.83.